The van der Waals surface area contributed by atoms with Crippen molar-refractivity contribution in [2.75, 3.05) is 13.7 Å². The molecule has 0 aliphatic carbocycles. The van der Waals surface area contributed by atoms with Crippen molar-refractivity contribution in [3.8, 4) is 0 Å². The van der Waals surface area contributed by atoms with Crippen molar-refractivity contribution >= 4 is 23.0 Å². The van der Waals surface area contributed by atoms with Crippen LogP contribution < -0.4 is 5.32 Å². The zero-order valence-corrected chi connectivity index (χ0v) is 10.3. The summed E-state index contributed by atoms with van der Waals surface area (Å²) in [7, 11) is 1.31. The van der Waals surface area contributed by atoms with Gasteiger partial charge in [-0.15, -0.1) is 0 Å². The number of aromatic nitrogens is 2. The summed E-state index contributed by atoms with van der Waals surface area (Å²) < 4.78 is 4.70. The number of methoxy groups -OCH3 is 1. The number of carboxylic acids is 1. The minimum Gasteiger partial charge on any atom is -0.480 e. The van der Waals surface area contributed by atoms with E-state index in [4.69, 9.17) is 9.84 Å². The Morgan fingerprint density at radius 3 is 3.00 bits per heavy atom. The topological polar surface area (TPSA) is 104 Å². The fourth-order valence-corrected chi connectivity index (χ4v) is 1.85. The van der Waals surface area contributed by atoms with E-state index in [-0.39, 0.29) is 6.54 Å². The molecule has 0 aliphatic heterocycles. The number of aliphatic carboxylic acids is 1. The Morgan fingerprint density at radius 2 is 2.32 bits per heavy atom. The molecule has 0 fully saturated rings. The molecule has 2 rings (SSSR count). The van der Waals surface area contributed by atoms with Gasteiger partial charge in [-0.1, -0.05) is 0 Å². The van der Waals surface area contributed by atoms with Crippen LogP contribution >= 0.6 is 0 Å². The number of nitrogens with one attached hydrogen (secondary N) is 2. The summed E-state index contributed by atoms with van der Waals surface area (Å²) in [4.78, 5) is 29.1. The Balaban J connectivity index is 2.34. The zero-order valence-electron chi connectivity index (χ0n) is 10.3. The Hall–Kier alpha value is -2.41. The highest BCUT2D eigenvalue weighted by molar-refractivity contribution is 6.04. The van der Waals surface area contributed by atoms with Crippen LogP contribution in [0.1, 0.15) is 15.9 Å². The fourth-order valence-electron chi connectivity index (χ4n) is 1.85. The van der Waals surface area contributed by atoms with Crippen molar-refractivity contribution in [2.45, 2.75) is 6.54 Å². The first kappa shape index (κ1) is 13.0. The van der Waals surface area contributed by atoms with E-state index in [0.29, 0.717) is 23.1 Å². The normalized spacial score (nSPS) is 10.6. The molecule has 2 heterocycles. The van der Waals surface area contributed by atoms with Crippen LogP contribution in [0.5, 0.6) is 0 Å². The molecule has 100 valence electrons. The van der Waals surface area contributed by atoms with E-state index in [2.05, 4.69) is 15.3 Å². The van der Waals surface area contributed by atoms with Gasteiger partial charge in [-0.3, -0.25) is 4.79 Å². The van der Waals surface area contributed by atoms with Crippen LogP contribution in [0.2, 0.25) is 0 Å². The van der Waals surface area contributed by atoms with Crippen molar-refractivity contribution in [1.29, 1.82) is 0 Å². The summed E-state index contributed by atoms with van der Waals surface area (Å²) in [6, 6.07) is 1.73. The summed E-state index contributed by atoms with van der Waals surface area (Å²) >= 11 is 0. The van der Waals surface area contributed by atoms with Crippen LogP contribution in [0.25, 0.3) is 11.0 Å². The number of carbonyl (C=O) groups is 2. The Morgan fingerprint density at radius 1 is 1.53 bits per heavy atom. The van der Waals surface area contributed by atoms with Crippen LogP contribution in [0.15, 0.2) is 18.5 Å². The Kier molecular flexibility index (Phi) is 3.76. The quantitative estimate of drug-likeness (QED) is 0.679. The molecular formula is C12H13N3O4. The van der Waals surface area contributed by atoms with Crippen LogP contribution in [-0.2, 0) is 16.1 Å². The second-order valence-corrected chi connectivity index (χ2v) is 3.88. The van der Waals surface area contributed by atoms with Gasteiger partial charge in [0.1, 0.15) is 5.65 Å². The summed E-state index contributed by atoms with van der Waals surface area (Å²) in [6.07, 6.45) is 3.13. The number of hydrogen-bond donors (Lipinski definition) is 3. The van der Waals surface area contributed by atoms with Gasteiger partial charge in [-0.25, -0.2) is 9.78 Å². The first-order valence-corrected chi connectivity index (χ1v) is 5.59. The number of H-pyrrole nitrogens is 1. The van der Waals surface area contributed by atoms with Crippen LogP contribution in [-0.4, -0.2) is 40.7 Å². The number of carboxylic acid groups (broad SMARTS) is 1. The lowest BCUT2D eigenvalue weighted by molar-refractivity contribution is -0.136. The Bertz CT molecular complexity index is 620. The molecule has 0 spiro atoms. The number of ether oxygens (including phenoxy) is 1. The number of hydrogen-bond acceptors (Lipinski definition) is 5. The third-order valence-corrected chi connectivity index (χ3v) is 2.66. The predicted octanol–water partition coefficient (Wildman–Crippen LogP) is 0.524. The second-order valence-electron chi connectivity index (χ2n) is 3.88. The minimum atomic E-state index is -0.937. The van der Waals surface area contributed by atoms with E-state index in [1.54, 1.807) is 12.3 Å². The van der Waals surface area contributed by atoms with Gasteiger partial charge in [0.05, 0.1) is 19.2 Å². The van der Waals surface area contributed by atoms with Crippen LogP contribution in [0.4, 0.5) is 0 Å². The van der Waals surface area contributed by atoms with Gasteiger partial charge in [0.25, 0.3) is 0 Å². The molecule has 0 atom stereocenters. The molecule has 3 N–H and O–H groups in total. The lowest BCUT2D eigenvalue weighted by Gasteiger charge is -2.05. The average molecular weight is 263 g/mol. The number of pyridine rings is 1. The Labute approximate surface area is 108 Å². The molecule has 0 aromatic carbocycles. The zero-order chi connectivity index (χ0) is 13.8. The second kappa shape index (κ2) is 5.49. The molecule has 0 aliphatic rings. The van der Waals surface area contributed by atoms with E-state index >= 15 is 0 Å². The smallest absolute Gasteiger partial charge is 0.340 e. The number of rotatable bonds is 5. The van der Waals surface area contributed by atoms with Crippen LogP contribution in [0.3, 0.4) is 0 Å². The number of esters is 1. The van der Waals surface area contributed by atoms with E-state index in [1.165, 1.54) is 13.3 Å². The van der Waals surface area contributed by atoms with E-state index in [9.17, 15) is 9.59 Å². The first-order chi connectivity index (χ1) is 9.13. The summed E-state index contributed by atoms with van der Waals surface area (Å²) in [6.45, 7) is 0.176. The predicted molar refractivity (Wildman–Crippen MR) is 66.8 cm³/mol. The highest BCUT2D eigenvalue weighted by Gasteiger charge is 2.16. The molecule has 0 saturated heterocycles. The molecule has 2 aromatic rings. The van der Waals surface area contributed by atoms with Gasteiger partial charge in [-0.05, 0) is 11.6 Å². The van der Waals surface area contributed by atoms with Crippen molar-refractivity contribution in [2.24, 2.45) is 0 Å². The van der Waals surface area contributed by atoms with Gasteiger partial charge in [0.2, 0.25) is 0 Å². The van der Waals surface area contributed by atoms with E-state index < -0.39 is 11.9 Å². The maximum absolute atomic E-state index is 11.6. The van der Waals surface area contributed by atoms with Gasteiger partial charge >= 0.3 is 11.9 Å². The molecule has 19 heavy (non-hydrogen) atoms. The van der Waals surface area contributed by atoms with E-state index in [0.717, 1.165) is 5.56 Å². The molecule has 2 aromatic heterocycles. The average Bonchev–Trinajstić information content (AvgIpc) is 2.82. The number of carbonyl (C=O) groups excluding carboxylic acids is 1. The molecule has 7 heteroatoms. The standard InChI is InChI=1S/C12H13N3O4/c1-19-12(18)8-5-15-11-10(8)7(2-3-14-11)4-13-6-9(16)17/h2-3,5,13H,4,6H2,1H3,(H,14,15)(H,16,17). The molecule has 0 radical (unpaired) electrons. The first-order valence-electron chi connectivity index (χ1n) is 5.59. The van der Waals surface area contributed by atoms with Crippen LogP contribution in [0, 0.1) is 0 Å². The number of aromatic amines is 1. The van der Waals surface area contributed by atoms with Crippen molar-refractivity contribution in [1.82, 2.24) is 15.3 Å². The third-order valence-electron chi connectivity index (χ3n) is 2.66. The minimum absolute atomic E-state index is 0.151. The molecule has 0 saturated carbocycles. The highest BCUT2D eigenvalue weighted by atomic mass is 16.5. The molecule has 0 amide bonds. The van der Waals surface area contributed by atoms with Crippen molar-refractivity contribution in [3.63, 3.8) is 0 Å². The molecular weight excluding hydrogens is 250 g/mol. The molecule has 0 unspecified atom stereocenters. The van der Waals surface area contributed by atoms with Gasteiger partial charge in [-0.2, -0.15) is 0 Å². The SMILES string of the molecule is COC(=O)c1c[nH]c2nccc(CNCC(=O)O)c12. The van der Waals surface area contributed by atoms with Gasteiger partial charge < -0.3 is 20.1 Å². The lowest BCUT2D eigenvalue weighted by Crippen LogP contribution is -2.22. The van der Waals surface area contributed by atoms with E-state index in [1.807, 2.05) is 0 Å². The van der Waals surface area contributed by atoms with Crippen molar-refractivity contribution in [3.05, 3.63) is 29.6 Å². The summed E-state index contributed by atoms with van der Waals surface area (Å²) in [5.74, 6) is -1.40. The maximum atomic E-state index is 11.6. The monoisotopic (exact) mass is 263 g/mol. The van der Waals surface area contributed by atoms with Gasteiger partial charge in [0, 0.05) is 24.3 Å². The third kappa shape index (κ3) is 2.71. The fraction of sp³-hybridized carbons (Fsp3) is 0.250. The highest BCUT2D eigenvalue weighted by Crippen LogP contribution is 2.21. The molecule has 7 nitrogen and oxygen atoms in total. The number of fused-ring (bicyclic) bond motifs is 1. The molecule has 0 bridgehead atoms. The van der Waals surface area contributed by atoms with Gasteiger partial charge in [0.15, 0.2) is 0 Å². The lowest BCUT2D eigenvalue weighted by atomic mass is 10.1. The maximum Gasteiger partial charge on any atom is 0.340 e. The summed E-state index contributed by atoms with van der Waals surface area (Å²) in [5.41, 5.74) is 1.74. The largest absolute Gasteiger partial charge is 0.480 e. The number of nitrogens with zero attached hydrogens (tertiary/aromatic N) is 1. The van der Waals surface area contributed by atoms with Crippen molar-refractivity contribution < 1.29 is 19.4 Å². The summed E-state index contributed by atoms with van der Waals surface area (Å²) in [5, 5.41) is 12.0.